The summed E-state index contributed by atoms with van der Waals surface area (Å²) in [5.74, 6) is -7.88. The number of benzene rings is 1. The fourth-order valence-corrected chi connectivity index (χ4v) is 2.08. The van der Waals surface area contributed by atoms with Gasteiger partial charge in [0.05, 0.1) is 0 Å². The molecule has 0 aliphatic carbocycles. The summed E-state index contributed by atoms with van der Waals surface area (Å²) < 4.78 is 54.7. The van der Waals surface area contributed by atoms with E-state index in [9.17, 15) is 22.4 Å². The van der Waals surface area contributed by atoms with Crippen LogP contribution in [0.4, 0.5) is 23.2 Å². The molecule has 0 bridgehead atoms. The SMILES string of the molecule is [B]=BCCCCCCNC(=O)c1c(F)c(F)c(NC)c(F)c1F. The Bertz CT molecular complexity index is 555. The molecule has 0 aliphatic heterocycles. The summed E-state index contributed by atoms with van der Waals surface area (Å²) in [6.45, 7) is 1.71. The first-order valence-electron chi connectivity index (χ1n) is 7.31. The summed E-state index contributed by atoms with van der Waals surface area (Å²) in [5.41, 5.74) is -2.20. The van der Waals surface area contributed by atoms with Crippen LogP contribution in [0, 0.1) is 23.3 Å². The van der Waals surface area contributed by atoms with Crippen LogP contribution >= 0.6 is 0 Å². The van der Waals surface area contributed by atoms with Gasteiger partial charge in [-0.1, -0.05) is 0 Å². The number of unbranched alkanes of at least 4 members (excludes halogenated alkanes) is 3. The molecule has 0 aromatic heterocycles. The summed E-state index contributed by atoms with van der Waals surface area (Å²) in [4.78, 5) is 11.8. The first-order valence-corrected chi connectivity index (χ1v) is 7.31. The molecule has 0 atom stereocenters. The summed E-state index contributed by atoms with van der Waals surface area (Å²) in [6, 6.07) is 0. The number of carbonyl (C=O) groups is 1. The summed E-state index contributed by atoms with van der Waals surface area (Å²) >= 11 is 0. The fraction of sp³-hybridized carbons (Fsp3) is 0.500. The molecule has 1 aromatic rings. The van der Waals surface area contributed by atoms with Gasteiger partial charge in [-0.2, -0.15) is 0 Å². The topological polar surface area (TPSA) is 41.1 Å². The summed E-state index contributed by atoms with van der Waals surface area (Å²) in [6.07, 6.45) is 3.97. The Morgan fingerprint density at radius 1 is 1.00 bits per heavy atom. The zero-order chi connectivity index (χ0) is 17.4. The molecule has 0 fully saturated rings. The van der Waals surface area contributed by atoms with Crippen LogP contribution in [0.25, 0.3) is 0 Å². The van der Waals surface area contributed by atoms with E-state index >= 15 is 0 Å². The Balaban J connectivity index is 2.68. The van der Waals surface area contributed by atoms with Crippen LogP contribution in [0.5, 0.6) is 0 Å². The van der Waals surface area contributed by atoms with Gasteiger partial charge in [-0.25, -0.2) is 0 Å². The molecule has 9 heteroatoms. The predicted octanol–water partition coefficient (Wildman–Crippen LogP) is 2.78. The molecule has 1 aromatic carbocycles. The normalized spacial score (nSPS) is 10.3. The van der Waals surface area contributed by atoms with Crippen molar-refractivity contribution in [3.05, 3.63) is 28.8 Å². The van der Waals surface area contributed by atoms with Gasteiger partial charge in [0.25, 0.3) is 0 Å². The second-order valence-corrected chi connectivity index (χ2v) is 4.95. The average molecular weight is 327 g/mol. The van der Waals surface area contributed by atoms with E-state index in [0.29, 0.717) is 6.42 Å². The third-order valence-corrected chi connectivity index (χ3v) is 3.32. The van der Waals surface area contributed by atoms with Crippen LogP contribution in [-0.2, 0) is 0 Å². The van der Waals surface area contributed by atoms with E-state index in [1.54, 1.807) is 6.80 Å². The maximum atomic E-state index is 13.8. The van der Waals surface area contributed by atoms with Crippen molar-refractivity contribution in [3.8, 4) is 0 Å². The molecule has 0 unspecified atom stereocenters. The quantitative estimate of drug-likeness (QED) is 0.317. The number of nitrogens with one attached hydrogen (secondary N) is 2. The van der Waals surface area contributed by atoms with E-state index in [2.05, 4.69) is 5.32 Å². The zero-order valence-electron chi connectivity index (χ0n) is 12.8. The third kappa shape index (κ3) is 4.91. The van der Waals surface area contributed by atoms with Crippen molar-refractivity contribution >= 4 is 25.8 Å². The van der Waals surface area contributed by atoms with E-state index in [0.717, 1.165) is 32.6 Å². The number of carbonyl (C=O) groups excluding carboxylic acids is 1. The van der Waals surface area contributed by atoms with Crippen LogP contribution in [0.1, 0.15) is 36.0 Å². The molecule has 1 radical (unpaired) electrons. The standard InChI is InChI=1S/C14H17B2F4N2O/c1-21-13-11(19)9(17)8(10(18)12(13)20)14(23)22-7-5-3-2-4-6-16-15/h21H,2-7H2,1H3,(H,22,23). The molecule has 1 amide bonds. The van der Waals surface area contributed by atoms with Gasteiger partial charge in [0, 0.05) is 7.05 Å². The Morgan fingerprint density at radius 2 is 1.57 bits per heavy atom. The number of hydrogen-bond donors (Lipinski definition) is 2. The van der Waals surface area contributed by atoms with E-state index in [4.69, 9.17) is 7.37 Å². The van der Waals surface area contributed by atoms with Gasteiger partial charge in [0.15, 0.2) is 0 Å². The number of hydrogen-bond acceptors (Lipinski definition) is 2. The van der Waals surface area contributed by atoms with Crippen LogP contribution in [0.3, 0.4) is 0 Å². The molecule has 123 valence electrons. The average Bonchev–Trinajstić information content (AvgIpc) is 2.53. The fourth-order valence-electron chi connectivity index (χ4n) is 2.08. The van der Waals surface area contributed by atoms with Crippen molar-refractivity contribution < 1.29 is 22.4 Å². The minimum absolute atomic E-state index is 0.154. The van der Waals surface area contributed by atoms with E-state index in [1.807, 2.05) is 5.32 Å². The molecule has 0 saturated heterocycles. The first-order chi connectivity index (χ1) is 11.0. The van der Waals surface area contributed by atoms with Gasteiger partial charge in [0.2, 0.25) is 0 Å². The van der Waals surface area contributed by atoms with Crippen LogP contribution < -0.4 is 10.6 Å². The predicted molar refractivity (Wildman–Crippen MR) is 82.9 cm³/mol. The van der Waals surface area contributed by atoms with Gasteiger partial charge in [0.1, 0.15) is 0 Å². The maximum absolute atomic E-state index is 13.8. The van der Waals surface area contributed by atoms with E-state index in [-0.39, 0.29) is 6.54 Å². The molecule has 2 N–H and O–H groups in total. The summed E-state index contributed by atoms with van der Waals surface area (Å²) in [5, 5.41) is 4.27. The second kappa shape index (κ2) is 9.47. The van der Waals surface area contributed by atoms with Crippen LogP contribution in [-0.4, -0.2) is 33.7 Å². The zero-order valence-corrected chi connectivity index (χ0v) is 12.8. The van der Waals surface area contributed by atoms with Crippen molar-refractivity contribution in [1.82, 2.24) is 5.32 Å². The third-order valence-electron chi connectivity index (χ3n) is 3.32. The molecular formula is C14H17B2F4N2O. The number of halogens is 4. The molecule has 0 heterocycles. The molecular weight excluding hydrogens is 310 g/mol. The van der Waals surface area contributed by atoms with E-state index < -0.39 is 40.4 Å². The van der Waals surface area contributed by atoms with Gasteiger partial charge in [-0.05, 0) is 0 Å². The number of amides is 1. The molecule has 0 spiro atoms. The minimum atomic E-state index is -1.72. The van der Waals surface area contributed by atoms with Gasteiger partial charge in [-0.15, -0.1) is 0 Å². The van der Waals surface area contributed by atoms with Gasteiger partial charge in [-0.3, -0.25) is 0 Å². The Hall–Kier alpha value is -1.66. The Kier molecular flexibility index (Phi) is 7.98. The molecule has 1 rings (SSSR count). The molecule has 0 aliphatic rings. The van der Waals surface area contributed by atoms with Crippen molar-refractivity contribution in [1.29, 1.82) is 0 Å². The van der Waals surface area contributed by atoms with E-state index in [1.165, 1.54) is 0 Å². The van der Waals surface area contributed by atoms with Gasteiger partial charge < -0.3 is 5.32 Å². The van der Waals surface area contributed by atoms with Crippen molar-refractivity contribution in [2.45, 2.75) is 32.0 Å². The Morgan fingerprint density at radius 3 is 2.09 bits per heavy atom. The second-order valence-electron chi connectivity index (χ2n) is 4.95. The van der Waals surface area contributed by atoms with Crippen molar-refractivity contribution in [2.75, 3.05) is 18.9 Å². The first kappa shape index (κ1) is 19.4. The Labute approximate surface area is 134 Å². The van der Waals surface area contributed by atoms with Crippen molar-refractivity contribution in [2.24, 2.45) is 0 Å². The number of anilines is 1. The number of rotatable bonds is 9. The monoisotopic (exact) mass is 327 g/mol. The van der Waals surface area contributed by atoms with Crippen LogP contribution in [0.15, 0.2) is 0 Å². The molecule has 23 heavy (non-hydrogen) atoms. The van der Waals surface area contributed by atoms with Crippen LogP contribution in [0.2, 0.25) is 6.32 Å². The van der Waals surface area contributed by atoms with Gasteiger partial charge >= 0.3 is 121 Å². The summed E-state index contributed by atoms with van der Waals surface area (Å²) in [7, 11) is 6.34. The van der Waals surface area contributed by atoms with Crippen molar-refractivity contribution in [3.63, 3.8) is 0 Å². The molecule has 3 nitrogen and oxygen atoms in total. The molecule has 0 saturated carbocycles.